The number of anilines is 1. The molecule has 17 heavy (non-hydrogen) atoms. The van der Waals surface area contributed by atoms with Gasteiger partial charge in [0.2, 0.25) is 5.91 Å². The Kier molecular flexibility index (Phi) is 3.44. The van der Waals surface area contributed by atoms with Crippen molar-refractivity contribution in [1.82, 2.24) is 10.1 Å². The highest BCUT2D eigenvalue weighted by atomic mass is 16.5. The van der Waals surface area contributed by atoms with Crippen molar-refractivity contribution < 1.29 is 9.32 Å². The summed E-state index contributed by atoms with van der Waals surface area (Å²) in [4.78, 5) is 13.8. The van der Waals surface area contributed by atoms with Gasteiger partial charge in [0, 0.05) is 25.2 Å². The predicted octanol–water partition coefficient (Wildman–Crippen LogP) is 0.201. The van der Waals surface area contributed by atoms with Gasteiger partial charge in [0.05, 0.1) is 6.54 Å². The van der Waals surface area contributed by atoms with Crippen LogP contribution in [-0.4, -0.2) is 41.6 Å². The second-order valence-corrected chi connectivity index (χ2v) is 4.71. The highest BCUT2D eigenvalue weighted by molar-refractivity contribution is 5.91. The maximum Gasteiger partial charge on any atom is 0.239 e. The predicted molar refractivity (Wildman–Crippen MR) is 63.4 cm³/mol. The molecule has 2 atom stereocenters. The number of amides is 1. The van der Waals surface area contributed by atoms with Crippen molar-refractivity contribution in [2.24, 2.45) is 11.7 Å². The van der Waals surface area contributed by atoms with Crippen LogP contribution in [0.1, 0.15) is 12.7 Å². The lowest BCUT2D eigenvalue weighted by Gasteiger charge is -2.13. The molecule has 0 bridgehead atoms. The zero-order chi connectivity index (χ0) is 12.4. The summed E-state index contributed by atoms with van der Waals surface area (Å²) < 4.78 is 4.87. The van der Waals surface area contributed by atoms with Gasteiger partial charge in [-0.25, -0.2) is 0 Å². The molecule has 94 valence electrons. The smallest absolute Gasteiger partial charge is 0.239 e. The third-order valence-electron chi connectivity index (χ3n) is 3.01. The van der Waals surface area contributed by atoms with E-state index < -0.39 is 0 Å². The van der Waals surface area contributed by atoms with E-state index >= 15 is 0 Å². The first-order chi connectivity index (χ1) is 8.04. The quantitative estimate of drug-likeness (QED) is 0.786. The van der Waals surface area contributed by atoms with Crippen molar-refractivity contribution in [3.63, 3.8) is 0 Å². The molecule has 1 aliphatic heterocycles. The number of aromatic nitrogens is 1. The molecule has 2 heterocycles. The number of carbonyl (C=O) groups excluding carboxylic acids is 1. The fourth-order valence-corrected chi connectivity index (χ4v) is 2.04. The molecule has 0 radical (unpaired) electrons. The van der Waals surface area contributed by atoms with E-state index in [0.29, 0.717) is 24.0 Å². The first-order valence-corrected chi connectivity index (χ1v) is 5.75. The van der Waals surface area contributed by atoms with E-state index in [1.165, 1.54) is 0 Å². The third-order valence-corrected chi connectivity index (χ3v) is 3.01. The Morgan fingerprint density at radius 2 is 2.47 bits per heavy atom. The van der Waals surface area contributed by atoms with Crippen LogP contribution in [0, 0.1) is 12.8 Å². The molecule has 2 unspecified atom stereocenters. The zero-order valence-electron chi connectivity index (χ0n) is 10.1. The lowest BCUT2D eigenvalue weighted by molar-refractivity contribution is -0.117. The minimum absolute atomic E-state index is 0.0837. The molecule has 3 N–H and O–H groups in total. The van der Waals surface area contributed by atoms with Crippen LogP contribution >= 0.6 is 0 Å². The summed E-state index contributed by atoms with van der Waals surface area (Å²) in [6.45, 7) is 5.87. The number of nitrogens with zero attached hydrogens (tertiary/aromatic N) is 2. The van der Waals surface area contributed by atoms with E-state index in [0.717, 1.165) is 13.1 Å². The Hall–Kier alpha value is -1.40. The van der Waals surface area contributed by atoms with E-state index in [-0.39, 0.29) is 11.9 Å². The van der Waals surface area contributed by atoms with Crippen molar-refractivity contribution in [3.05, 3.63) is 11.8 Å². The molecule has 0 aliphatic carbocycles. The van der Waals surface area contributed by atoms with E-state index in [9.17, 15) is 4.79 Å². The zero-order valence-corrected chi connectivity index (χ0v) is 10.1. The maximum atomic E-state index is 11.7. The molecule has 1 aromatic rings. The van der Waals surface area contributed by atoms with Crippen LogP contribution in [0.3, 0.4) is 0 Å². The summed E-state index contributed by atoms with van der Waals surface area (Å²) in [7, 11) is 0. The van der Waals surface area contributed by atoms with Crippen LogP contribution in [0.2, 0.25) is 0 Å². The van der Waals surface area contributed by atoms with Crippen LogP contribution in [0.25, 0.3) is 0 Å². The first kappa shape index (κ1) is 12.1. The maximum absolute atomic E-state index is 11.7. The molecule has 6 nitrogen and oxygen atoms in total. The van der Waals surface area contributed by atoms with Gasteiger partial charge in [0.25, 0.3) is 0 Å². The number of hydrogen-bond acceptors (Lipinski definition) is 5. The molecule has 0 spiro atoms. The van der Waals surface area contributed by atoms with Crippen molar-refractivity contribution >= 4 is 11.7 Å². The van der Waals surface area contributed by atoms with E-state index in [4.69, 9.17) is 10.3 Å². The summed E-state index contributed by atoms with van der Waals surface area (Å²) in [5.41, 5.74) is 5.90. The monoisotopic (exact) mass is 238 g/mol. The van der Waals surface area contributed by atoms with E-state index in [1.807, 2.05) is 0 Å². The average Bonchev–Trinajstić information content (AvgIpc) is 2.75. The van der Waals surface area contributed by atoms with Crippen LogP contribution in [0.4, 0.5) is 5.82 Å². The Bertz CT molecular complexity index is 394. The molecule has 1 fully saturated rings. The lowest BCUT2D eigenvalue weighted by atomic mass is 10.1. The number of nitrogens with one attached hydrogen (secondary N) is 1. The molecule has 1 saturated heterocycles. The van der Waals surface area contributed by atoms with Crippen molar-refractivity contribution in [2.45, 2.75) is 19.9 Å². The topological polar surface area (TPSA) is 84.4 Å². The number of likely N-dealkylation sites (tertiary alicyclic amines) is 1. The van der Waals surface area contributed by atoms with Gasteiger partial charge >= 0.3 is 0 Å². The Balaban J connectivity index is 1.82. The summed E-state index contributed by atoms with van der Waals surface area (Å²) in [6, 6.07) is 1.85. The number of carbonyl (C=O) groups is 1. The summed E-state index contributed by atoms with van der Waals surface area (Å²) in [5.74, 6) is 1.50. The van der Waals surface area contributed by atoms with Gasteiger partial charge in [-0.15, -0.1) is 0 Å². The largest absolute Gasteiger partial charge is 0.360 e. The van der Waals surface area contributed by atoms with Crippen molar-refractivity contribution in [1.29, 1.82) is 0 Å². The first-order valence-electron chi connectivity index (χ1n) is 5.75. The molecular weight excluding hydrogens is 220 g/mol. The second-order valence-electron chi connectivity index (χ2n) is 4.71. The van der Waals surface area contributed by atoms with Crippen molar-refractivity contribution in [2.75, 3.05) is 25.0 Å². The fraction of sp³-hybridized carbons (Fsp3) is 0.636. The number of aryl methyl sites for hydroxylation is 1. The van der Waals surface area contributed by atoms with Gasteiger partial charge in [-0.05, 0) is 12.8 Å². The van der Waals surface area contributed by atoms with E-state index in [2.05, 4.69) is 22.3 Å². The minimum atomic E-state index is -0.0837. The van der Waals surface area contributed by atoms with E-state index in [1.54, 1.807) is 13.0 Å². The number of rotatable bonds is 3. The van der Waals surface area contributed by atoms with Gasteiger partial charge in [0.1, 0.15) is 5.76 Å². The average molecular weight is 238 g/mol. The molecular formula is C11H18N4O2. The molecule has 1 amide bonds. The summed E-state index contributed by atoms with van der Waals surface area (Å²) in [5, 5.41) is 6.40. The molecule has 1 aliphatic rings. The highest BCUT2D eigenvalue weighted by Crippen LogP contribution is 2.14. The molecule has 6 heteroatoms. The van der Waals surface area contributed by atoms with Gasteiger partial charge < -0.3 is 15.6 Å². The Morgan fingerprint density at radius 3 is 3.00 bits per heavy atom. The van der Waals surface area contributed by atoms with Crippen LogP contribution < -0.4 is 11.1 Å². The minimum Gasteiger partial charge on any atom is -0.360 e. The Morgan fingerprint density at radius 1 is 1.71 bits per heavy atom. The summed E-state index contributed by atoms with van der Waals surface area (Å²) >= 11 is 0. The molecule has 2 rings (SSSR count). The van der Waals surface area contributed by atoms with Crippen LogP contribution in [-0.2, 0) is 4.79 Å². The molecule has 1 aromatic heterocycles. The third kappa shape index (κ3) is 3.04. The second kappa shape index (κ2) is 4.85. The fourth-order valence-electron chi connectivity index (χ4n) is 2.04. The Labute approximate surface area is 100 Å². The van der Waals surface area contributed by atoms with Gasteiger partial charge in [-0.3, -0.25) is 9.69 Å². The van der Waals surface area contributed by atoms with Gasteiger partial charge in [-0.1, -0.05) is 12.1 Å². The standard InChI is InChI=1S/C11H18N4O2/c1-7-4-15(5-9(7)12)6-11(16)13-10-3-8(2)17-14-10/h3,7,9H,4-6,12H2,1-2H3,(H,13,14,16). The normalized spacial score (nSPS) is 25.1. The van der Waals surface area contributed by atoms with Crippen LogP contribution in [0.15, 0.2) is 10.6 Å². The van der Waals surface area contributed by atoms with Gasteiger partial charge in [-0.2, -0.15) is 0 Å². The lowest BCUT2D eigenvalue weighted by Crippen LogP contribution is -2.33. The number of nitrogens with two attached hydrogens (primary N) is 1. The highest BCUT2D eigenvalue weighted by Gasteiger charge is 2.27. The van der Waals surface area contributed by atoms with Gasteiger partial charge in [0.15, 0.2) is 5.82 Å². The summed E-state index contributed by atoms with van der Waals surface area (Å²) in [6.07, 6.45) is 0. The van der Waals surface area contributed by atoms with Crippen molar-refractivity contribution in [3.8, 4) is 0 Å². The SMILES string of the molecule is Cc1cc(NC(=O)CN2CC(C)C(N)C2)no1. The molecule has 0 aromatic carbocycles. The number of hydrogen-bond donors (Lipinski definition) is 2. The molecule has 0 saturated carbocycles. The van der Waals surface area contributed by atoms with Crippen LogP contribution in [0.5, 0.6) is 0 Å².